The summed E-state index contributed by atoms with van der Waals surface area (Å²) < 4.78 is 27.6. The van der Waals surface area contributed by atoms with Crippen LogP contribution in [0, 0.1) is 0 Å². The minimum atomic E-state index is -3.03. The summed E-state index contributed by atoms with van der Waals surface area (Å²) in [6.45, 7) is 3.00. The molecule has 0 radical (unpaired) electrons. The Morgan fingerprint density at radius 3 is 2.36 bits per heavy atom. The van der Waals surface area contributed by atoms with Gasteiger partial charge in [0.15, 0.2) is 0 Å². The van der Waals surface area contributed by atoms with Gasteiger partial charge in [0.2, 0.25) is 0 Å². The molecular weight excluding hydrogens is 320 g/mol. The van der Waals surface area contributed by atoms with Crippen LogP contribution in [0.15, 0.2) is 11.3 Å². The largest absolute Gasteiger partial charge is 0.529 e. The predicted octanol–water partition coefficient (Wildman–Crippen LogP) is 0.545. The standard InChI is InChI=1S/C14H28O6Si2/c1-5-9-19-13(15)12(11-22(16-2,17-3)18-4)14(21)8-6-7-10-20-14/h11H,5-10H2,1-4,21H3. The van der Waals surface area contributed by atoms with Crippen molar-refractivity contribution in [1.82, 2.24) is 0 Å². The Labute approximate surface area is 136 Å². The first-order chi connectivity index (χ1) is 10.5. The van der Waals surface area contributed by atoms with Crippen LogP contribution in [-0.2, 0) is 27.5 Å². The van der Waals surface area contributed by atoms with Gasteiger partial charge in [0.25, 0.3) is 0 Å². The lowest BCUT2D eigenvalue weighted by molar-refractivity contribution is -0.142. The molecule has 128 valence electrons. The first-order valence-electron chi connectivity index (χ1n) is 7.66. The summed E-state index contributed by atoms with van der Waals surface area (Å²) in [7, 11) is 2.21. The lowest BCUT2D eigenvalue weighted by Gasteiger charge is -2.36. The maximum atomic E-state index is 12.5. The number of carbonyl (C=O) groups excluding carboxylic acids is 1. The molecule has 0 N–H and O–H groups in total. The Morgan fingerprint density at radius 1 is 1.27 bits per heavy atom. The molecule has 1 saturated heterocycles. The van der Waals surface area contributed by atoms with Gasteiger partial charge in [-0.3, -0.25) is 0 Å². The molecule has 0 amide bonds. The molecule has 1 rings (SSSR count). The number of esters is 1. The highest BCUT2D eigenvalue weighted by Gasteiger charge is 2.43. The van der Waals surface area contributed by atoms with Gasteiger partial charge in [-0.25, -0.2) is 4.79 Å². The minimum Gasteiger partial charge on any atom is -0.462 e. The van der Waals surface area contributed by atoms with E-state index in [1.807, 2.05) is 6.92 Å². The van der Waals surface area contributed by atoms with Crippen LogP contribution in [0.4, 0.5) is 0 Å². The summed E-state index contributed by atoms with van der Waals surface area (Å²) >= 11 is 0. The first-order valence-corrected chi connectivity index (χ1v) is 10.5. The van der Waals surface area contributed by atoms with Crippen molar-refractivity contribution < 1.29 is 27.5 Å². The minimum absolute atomic E-state index is 0.359. The van der Waals surface area contributed by atoms with Crippen molar-refractivity contribution in [3.63, 3.8) is 0 Å². The Balaban J connectivity index is 3.17. The van der Waals surface area contributed by atoms with Gasteiger partial charge in [-0.15, -0.1) is 0 Å². The molecule has 0 saturated carbocycles. The highest BCUT2D eigenvalue weighted by Crippen LogP contribution is 2.31. The number of hydrogen-bond acceptors (Lipinski definition) is 6. The predicted molar refractivity (Wildman–Crippen MR) is 88.6 cm³/mol. The molecule has 1 aliphatic heterocycles. The molecule has 0 aromatic rings. The van der Waals surface area contributed by atoms with Crippen molar-refractivity contribution in [1.29, 1.82) is 0 Å². The van der Waals surface area contributed by atoms with Crippen LogP contribution >= 0.6 is 0 Å². The molecule has 8 heteroatoms. The summed E-state index contributed by atoms with van der Waals surface area (Å²) in [5.41, 5.74) is 2.17. The second-order valence-corrected chi connectivity index (χ2v) is 9.78. The van der Waals surface area contributed by atoms with Crippen molar-refractivity contribution in [3.05, 3.63) is 11.3 Å². The van der Waals surface area contributed by atoms with Gasteiger partial charge in [-0.1, -0.05) is 6.92 Å². The van der Waals surface area contributed by atoms with E-state index >= 15 is 0 Å². The van der Waals surface area contributed by atoms with Crippen LogP contribution in [0.3, 0.4) is 0 Å². The second-order valence-electron chi connectivity index (χ2n) is 5.45. The fourth-order valence-corrected chi connectivity index (χ4v) is 5.28. The van der Waals surface area contributed by atoms with Gasteiger partial charge in [0.05, 0.1) is 17.4 Å². The van der Waals surface area contributed by atoms with Gasteiger partial charge in [0.1, 0.15) is 0 Å². The first kappa shape index (κ1) is 19.5. The SMILES string of the molecule is CCCOC(=O)C(=C[Si](OC)(OC)OC)C1([SiH3])CCCCO1. The molecule has 22 heavy (non-hydrogen) atoms. The zero-order chi connectivity index (χ0) is 16.6. The third-order valence-corrected chi connectivity index (χ3v) is 7.55. The van der Waals surface area contributed by atoms with Crippen LogP contribution in [0.5, 0.6) is 0 Å². The maximum Gasteiger partial charge on any atom is 0.529 e. The molecule has 0 bridgehead atoms. The molecule has 1 unspecified atom stereocenters. The molecule has 1 heterocycles. The van der Waals surface area contributed by atoms with E-state index < -0.39 is 14.0 Å². The molecule has 1 aliphatic rings. The van der Waals surface area contributed by atoms with Crippen LogP contribution in [-0.4, -0.2) is 64.8 Å². The van der Waals surface area contributed by atoms with E-state index in [0.29, 0.717) is 29.0 Å². The molecule has 0 aromatic carbocycles. The van der Waals surface area contributed by atoms with Crippen LogP contribution in [0.1, 0.15) is 32.6 Å². The summed E-state index contributed by atoms with van der Waals surface area (Å²) in [5, 5.41) is -0.559. The Hall–Kier alpha value is -0.516. The molecule has 1 fully saturated rings. The molecule has 1 atom stereocenters. The van der Waals surface area contributed by atoms with Gasteiger partial charge >= 0.3 is 14.8 Å². The number of ether oxygens (including phenoxy) is 2. The number of carbonyl (C=O) groups is 1. The van der Waals surface area contributed by atoms with E-state index in [1.54, 1.807) is 5.70 Å². The van der Waals surface area contributed by atoms with Crippen LogP contribution < -0.4 is 0 Å². The lowest BCUT2D eigenvalue weighted by Crippen LogP contribution is -2.47. The van der Waals surface area contributed by atoms with E-state index in [1.165, 1.54) is 21.3 Å². The number of rotatable bonds is 8. The molecule has 0 aromatic heterocycles. The highest BCUT2D eigenvalue weighted by molar-refractivity contribution is 6.66. The van der Waals surface area contributed by atoms with Gasteiger partial charge in [-0.05, 0) is 31.4 Å². The Kier molecular flexibility index (Phi) is 7.94. The van der Waals surface area contributed by atoms with Crippen molar-refractivity contribution >= 4 is 25.0 Å². The summed E-state index contributed by atoms with van der Waals surface area (Å²) in [6, 6.07) is 0. The van der Waals surface area contributed by atoms with E-state index in [-0.39, 0.29) is 5.97 Å². The van der Waals surface area contributed by atoms with Crippen LogP contribution in [0.2, 0.25) is 0 Å². The second kappa shape index (κ2) is 8.95. The fraction of sp³-hybridized carbons (Fsp3) is 0.786. The topological polar surface area (TPSA) is 63.2 Å². The summed E-state index contributed by atoms with van der Waals surface area (Å²) in [4.78, 5) is 12.5. The van der Waals surface area contributed by atoms with Gasteiger partial charge < -0.3 is 22.8 Å². The summed E-state index contributed by atoms with van der Waals surface area (Å²) in [5.74, 6) is -0.359. The smallest absolute Gasteiger partial charge is 0.462 e. The van der Waals surface area contributed by atoms with E-state index in [2.05, 4.69) is 0 Å². The fourth-order valence-electron chi connectivity index (χ4n) is 2.45. The normalized spacial score (nSPS) is 23.5. The van der Waals surface area contributed by atoms with Crippen molar-refractivity contribution in [2.45, 2.75) is 37.8 Å². The maximum absolute atomic E-state index is 12.5. The molecule has 6 nitrogen and oxygen atoms in total. The average molecular weight is 349 g/mol. The van der Waals surface area contributed by atoms with Crippen molar-refractivity contribution in [3.8, 4) is 0 Å². The van der Waals surface area contributed by atoms with E-state index in [9.17, 15) is 4.79 Å². The highest BCUT2D eigenvalue weighted by atomic mass is 28.4. The molecular formula is C14H28O6Si2. The lowest BCUT2D eigenvalue weighted by atomic mass is 10.0. The molecule has 0 spiro atoms. The van der Waals surface area contributed by atoms with Crippen LogP contribution in [0.25, 0.3) is 0 Å². The Bertz CT molecular complexity index is 381. The third kappa shape index (κ3) is 4.74. The van der Waals surface area contributed by atoms with E-state index in [0.717, 1.165) is 25.7 Å². The average Bonchev–Trinajstić information content (AvgIpc) is 2.55. The number of hydrogen-bond donors (Lipinski definition) is 0. The van der Waals surface area contributed by atoms with E-state index in [4.69, 9.17) is 22.8 Å². The van der Waals surface area contributed by atoms with Gasteiger partial charge in [0, 0.05) is 38.2 Å². The van der Waals surface area contributed by atoms with Crippen molar-refractivity contribution in [2.75, 3.05) is 34.5 Å². The molecule has 0 aliphatic carbocycles. The third-order valence-electron chi connectivity index (χ3n) is 3.87. The monoisotopic (exact) mass is 348 g/mol. The zero-order valence-corrected chi connectivity index (χ0v) is 17.3. The quantitative estimate of drug-likeness (QED) is 0.363. The summed E-state index contributed by atoms with van der Waals surface area (Å²) in [6.07, 6.45) is 3.63. The van der Waals surface area contributed by atoms with Crippen molar-refractivity contribution in [2.24, 2.45) is 0 Å². The van der Waals surface area contributed by atoms with Gasteiger partial charge in [-0.2, -0.15) is 0 Å². The zero-order valence-electron chi connectivity index (χ0n) is 14.3. The Morgan fingerprint density at radius 2 is 1.91 bits per heavy atom.